The molecule has 7 nitrogen and oxygen atoms in total. The van der Waals surface area contributed by atoms with Crippen LogP contribution in [-0.2, 0) is 4.79 Å². The summed E-state index contributed by atoms with van der Waals surface area (Å²) in [5.74, 6) is -0.115. The van der Waals surface area contributed by atoms with Gasteiger partial charge in [0.15, 0.2) is 0 Å². The Morgan fingerprint density at radius 3 is 2.39 bits per heavy atom. The van der Waals surface area contributed by atoms with Crippen molar-refractivity contribution in [2.45, 2.75) is 65.0 Å². The van der Waals surface area contributed by atoms with Gasteiger partial charge in [0.05, 0.1) is 15.5 Å². The second-order valence-electron chi connectivity index (χ2n) is 7.75. The third kappa shape index (κ3) is 5.67. The van der Waals surface area contributed by atoms with E-state index >= 15 is 0 Å². The zero-order valence-electron chi connectivity index (χ0n) is 16.5. The fourth-order valence-electron chi connectivity index (χ4n) is 3.56. The minimum absolute atomic E-state index is 0.0208. The van der Waals surface area contributed by atoms with Crippen LogP contribution in [-0.4, -0.2) is 28.8 Å². The van der Waals surface area contributed by atoms with Crippen LogP contribution in [0.3, 0.4) is 0 Å². The van der Waals surface area contributed by atoms with Crippen molar-refractivity contribution in [1.29, 1.82) is 0 Å². The number of non-ortho nitro benzene ring substituents is 1. The van der Waals surface area contributed by atoms with Crippen molar-refractivity contribution in [3.05, 3.63) is 38.9 Å². The number of nitro benzene ring substituents is 1. The molecule has 1 atom stereocenters. The van der Waals surface area contributed by atoms with Gasteiger partial charge in [-0.05, 0) is 43.6 Å². The number of hydrogen-bond acceptors (Lipinski definition) is 4. The maximum absolute atomic E-state index is 12.8. The summed E-state index contributed by atoms with van der Waals surface area (Å²) in [4.78, 5) is 35.6. The fraction of sp³-hybridized carbons (Fsp3) is 0.600. The number of hydrogen-bond donors (Lipinski definition) is 2. The number of benzene rings is 1. The number of halogens is 1. The lowest BCUT2D eigenvalue weighted by Crippen LogP contribution is -2.52. The molecule has 1 saturated carbocycles. The monoisotopic (exact) mass is 409 g/mol. The molecule has 2 rings (SSSR count). The van der Waals surface area contributed by atoms with E-state index in [0.29, 0.717) is 0 Å². The lowest BCUT2D eigenvalue weighted by atomic mass is 9.84. The SMILES string of the molecule is CCC1CCC(NC(=O)C(NC(=O)c2ccc([N+](=O)[O-])cc2Cl)C(C)C)CC1. The molecule has 0 heterocycles. The third-order valence-corrected chi connectivity index (χ3v) is 5.73. The molecule has 1 aromatic rings. The average molecular weight is 410 g/mol. The molecule has 8 heteroatoms. The maximum atomic E-state index is 12.8. The van der Waals surface area contributed by atoms with Crippen molar-refractivity contribution in [1.82, 2.24) is 10.6 Å². The molecular weight excluding hydrogens is 382 g/mol. The van der Waals surface area contributed by atoms with Crippen LogP contribution < -0.4 is 10.6 Å². The van der Waals surface area contributed by atoms with Gasteiger partial charge in [0.2, 0.25) is 5.91 Å². The van der Waals surface area contributed by atoms with E-state index in [0.717, 1.165) is 37.7 Å². The third-order valence-electron chi connectivity index (χ3n) is 5.41. The number of rotatable bonds is 7. The van der Waals surface area contributed by atoms with Crippen LogP contribution in [0.1, 0.15) is 63.2 Å². The normalized spacial score (nSPS) is 20.5. The number of carbonyl (C=O) groups is 2. The minimum Gasteiger partial charge on any atom is -0.352 e. The van der Waals surface area contributed by atoms with Gasteiger partial charge in [0.1, 0.15) is 6.04 Å². The molecule has 2 amide bonds. The lowest BCUT2D eigenvalue weighted by Gasteiger charge is -2.30. The fourth-order valence-corrected chi connectivity index (χ4v) is 3.82. The highest BCUT2D eigenvalue weighted by Gasteiger charge is 2.29. The lowest BCUT2D eigenvalue weighted by molar-refractivity contribution is -0.384. The van der Waals surface area contributed by atoms with Crippen molar-refractivity contribution in [3.63, 3.8) is 0 Å². The van der Waals surface area contributed by atoms with E-state index in [9.17, 15) is 19.7 Å². The summed E-state index contributed by atoms with van der Waals surface area (Å²) < 4.78 is 0. The summed E-state index contributed by atoms with van der Waals surface area (Å²) in [6, 6.07) is 3.08. The Morgan fingerprint density at radius 2 is 1.89 bits per heavy atom. The summed E-state index contributed by atoms with van der Waals surface area (Å²) in [6.45, 7) is 5.91. The zero-order chi connectivity index (χ0) is 20.8. The number of carbonyl (C=O) groups excluding carboxylic acids is 2. The highest BCUT2D eigenvalue weighted by atomic mass is 35.5. The van der Waals surface area contributed by atoms with Gasteiger partial charge >= 0.3 is 0 Å². The molecule has 0 bridgehead atoms. The molecule has 28 heavy (non-hydrogen) atoms. The minimum atomic E-state index is -0.706. The highest BCUT2D eigenvalue weighted by Crippen LogP contribution is 2.27. The van der Waals surface area contributed by atoms with E-state index in [2.05, 4.69) is 17.6 Å². The predicted molar refractivity (Wildman–Crippen MR) is 108 cm³/mol. The van der Waals surface area contributed by atoms with Crippen LogP contribution in [0.25, 0.3) is 0 Å². The molecule has 1 unspecified atom stereocenters. The Morgan fingerprint density at radius 1 is 1.25 bits per heavy atom. The molecule has 1 aliphatic carbocycles. The predicted octanol–water partition coefficient (Wildman–Crippen LogP) is 4.09. The molecular formula is C20H28ClN3O4. The van der Waals surface area contributed by atoms with Gasteiger partial charge in [-0.1, -0.05) is 38.8 Å². The maximum Gasteiger partial charge on any atom is 0.270 e. The highest BCUT2D eigenvalue weighted by molar-refractivity contribution is 6.34. The van der Waals surface area contributed by atoms with Gasteiger partial charge in [0.25, 0.3) is 11.6 Å². The first kappa shape index (κ1) is 22.1. The smallest absolute Gasteiger partial charge is 0.270 e. The molecule has 2 N–H and O–H groups in total. The molecule has 1 aliphatic rings. The molecule has 1 fully saturated rings. The van der Waals surface area contributed by atoms with Gasteiger partial charge < -0.3 is 10.6 Å². The van der Waals surface area contributed by atoms with Gasteiger partial charge in [-0.25, -0.2) is 0 Å². The average Bonchev–Trinajstić information content (AvgIpc) is 2.65. The zero-order valence-corrected chi connectivity index (χ0v) is 17.3. The van der Waals surface area contributed by atoms with Crippen LogP contribution in [0.2, 0.25) is 5.02 Å². The summed E-state index contributed by atoms with van der Waals surface area (Å²) in [6.07, 6.45) is 5.30. The van der Waals surface area contributed by atoms with Gasteiger partial charge in [-0.2, -0.15) is 0 Å². The standard InChI is InChI=1S/C20H28ClN3O4/c1-4-13-5-7-14(8-6-13)22-20(26)18(12(2)3)23-19(25)16-10-9-15(24(27)28)11-17(16)21/h9-14,18H,4-8H2,1-3H3,(H,22,26)(H,23,25). The number of nitrogens with zero attached hydrogens (tertiary/aromatic N) is 1. The Bertz CT molecular complexity index is 730. The van der Waals surface area contributed by atoms with E-state index in [-0.39, 0.29) is 34.1 Å². The Hall–Kier alpha value is -2.15. The van der Waals surface area contributed by atoms with E-state index in [1.807, 2.05) is 13.8 Å². The molecule has 0 aromatic heterocycles. The second-order valence-corrected chi connectivity index (χ2v) is 8.16. The first-order valence-electron chi connectivity index (χ1n) is 9.78. The summed E-state index contributed by atoms with van der Waals surface area (Å²) in [7, 11) is 0. The topological polar surface area (TPSA) is 101 Å². The van der Waals surface area contributed by atoms with Crippen molar-refractivity contribution < 1.29 is 14.5 Å². The van der Waals surface area contributed by atoms with E-state index in [1.165, 1.54) is 18.6 Å². The number of nitrogens with one attached hydrogen (secondary N) is 2. The Kier molecular flexibility index (Phi) is 7.80. The Labute approximate surface area is 170 Å². The molecule has 154 valence electrons. The Balaban J connectivity index is 2.03. The van der Waals surface area contributed by atoms with Crippen LogP contribution in [0.4, 0.5) is 5.69 Å². The van der Waals surface area contributed by atoms with Crippen molar-refractivity contribution >= 4 is 29.1 Å². The molecule has 0 radical (unpaired) electrons. The molecule has 0 spiro atoms. The second kappa shape index (κ2) is 9.87. The van der Waals surface area contributed by atoms with E-state index in [4.69, 9.17) is 11.6 Å². The van der Waals surface area contributed by atoms with Crippen LogP contribution in [0.15, 0.2) is 18.2 Å². The van der Waals surface area contributed by atoms with Crippen LogP contribution in [0.5, 0.6) is 0 Å². The first-order valence-corrected chi connectivity index (χ1v) is 10.2. The molecule has 1 aromatic carbocycles. The summed E-state index contributed by atoms with van der Waals surface area (Å²) in [5.41, 5.74) is -0.0865. The summed E-state index contributed by atoms with van der Waals surface area (Å²) in [5, 5.41) is 16.6. The molecule has 0 saturated heterocycles. The number of nitro groups is 1. The van der Waals surface area contributed by atoms with Gasteiger partial charge in [-0.3, -0.25) is 19.7 Å². The van der Waals surface area contributed by atoms with E-state index in [1.54, 1.807) is 0 Å². The molecule has 0 aliphatic heterocycles. The largest absolute Gasteiger partial charge is 0.352 e. The number of amides is 2. The quantitative estimate of drug-likeness (QED) is 0.523. The van der Waals surface area contributed by atoms with E-state index < -0.39 is 16.9 Å². The van der Waals surface area contributed by atoms with Crippen LogP contribution >= 0.6 is 11.6 Å². The van der Waals surface area contributed by atoms with Crippen LogP contribution in [0, 0.1) is 22.0 Å². The van der Waals surface area contributed by atoms with Gasteiger partial charge in [-0.15, -0.1) is 0 Å². The van der Waals surface area contributed by atoms with Crippen molar-refractivity contribution in [2.24, 2.45) is 11.8 Å². The van der Waals surface area contributed by atoms with Crippen molar-refractivity contribution in [2.75, 3.05) is 0 Å². The first-order chi connectivity index (χ1) is 13.2. The van der Waals surface area contributed by atoms with Crippen molar-refractivity contribution in [3.8, 4) is 0 Å². The summed E-state index contributed by atoms with van der Waals surface area (Å²) >= 11 is 6.03. The van der Waals surface area contributed by atoms with Gasteiger partial charge in [0, 0.05) is 18.2 Å².